The maximum atomic E-state index is 12.9. The van der Waals surface area contributed by atoms with E-state index < -0.39 is 93.3 Å². The second kappa shape index (κ2) is 13.6. The average Bonchev–Trinajstić information content (AvgIpc) is 4.00. The zero-order valence-electron chi connectivity index (χ0n) is 41.2. The quantitative estimate of drug-likeness (QED) is 0.199. The van der Waals surface area contributed by atoms with Crippen molar-refractivity contribution in [3.63, 3.8) is 0 Å². The van der Waals surface area contributed by atoms with E-state index >= 15 is 0 Å². The maximum absolute atomic E-state index is 12.9. The minimum Gasteiger partial charge on any atom is -0.393 e. The van der Waals surface area contributed by atoms with Gasteiger partial charge in [0.1, 0.15) is 35.6 Å². The second-order valence-electron chi connectivity index (χ2n) is 26.4. The first-order valence-electron chi connectivity index (χ1n) is 26.3. The molecule has 12 aliphatic rings. The minimum atomic E-state index is -1.51. The Morgan fingerprint density at radius 2 is 0.941 bits per heavy atom. The second-order valence-corrected chi connectivity index (χ2v) is 26.4. The zero-order valence-corrected chi connectivity index (χ0v) is 41.2. The molecule has 24 atom stereocenters. The zero-order chi connectivity index (χ0) is 48.1. The molecule has 8 fully saturated rings. The number of nitrogens with zero attached hydrogens (tertiary/aromatic N) is 2. The first kappa shape index (κ1) is 45.9. The molecule has 4 saturated carbocycles. The predicted octanol–water partition coefficient (Wildman–Crippen LogP) is 3.38. The van der Waals surface area contributed by atoms with E-state index in [2.05, 4.69) is 26.0 Å². The molecule has 1 aromatic rings. The van der Waals surface area contributed by atoms with Crippen molar-refractivity contribution < 1.29 is 59.8 Å². The molecular weight excluding hydrogens is 869 g/mol. The third kappa shape index (κ3) is 4.99. The van der Waals surface area contributed by atoms with Crippen LogP contribution in [-0.4, -0.2) is 135 Å². The van der Waals surface area contributed by atoms with Crippen LogP contribution in [0.4, 0.5) is 0 Å². The highest BCUT2D eigenvalue weighted by Gasteiger charge is 2.81. The highest BCUT2D eigenvalue weighted by molar-refractivity contribution is 5.45. The molecule has 0 amide bonds. The molecule has 4 aliphatic heterocycles. The van der Waals surface area contributed by atoms with Gasteiger partial charge in [-0.1, -0.05) is 64.8 Å². The summed E-state index contributed by atoms with van der Waals surface area (Å²) in [4.78, 5) is 11.1. The Hall–Kier alpha value is -1.92. The van der Waals surface area contributed by atoms with Gasteiger partial charge in [0, 0.05) is 35.5 Å². The molecule has 68 heavy (non-hydrogen) atoms. The first-order chi connectivity index (χ1) is 31.9. The highest BCUT2D eigenvalue weighted by Crippen LogP contribution is 2.73. The summed E-state index contributed by atoms with van der Waals surface area (Å²) in [7, 11) is 0. The average molecular weight is 945 g/mol. The van der Waals surface area contributed by atoms with Crippen LogP contribution in [0.1, 0.15) is 130 Å². The lowest BCUT2D eigenvalue weighted by molar-refractivity contribution is -0.280. The van der Waals surface area contributed by atoms with E-state index in [1.54, 1.807) is 13.8 Å². The molecular formula is C54H76N2O12. The van der Waals surface area contributed by atoms with E-state index in [1.807, 2.05) is 27.7 Å². The van der Waals surface area contributed by atoms with Gasteiger partial charge in [0.05, 0.1) is 59.4 Å². The molecule has 8 aliphatic carbocycles. The van der Waals surface area contributed by atoms with Gasteiger partial charge in [0.2, 0.25) is 11.6 Å². The normalized spacial score (nSPS) is 60.0. The Balaban J connectivity index is 0.771. The molecule has 0 radical (unpaired) electrons. The van der Waals surface area contributed by atoms with Gasteiger partial charge in [-0.15, -0.1) is 0 Å². The van der Waals surface area contributed by atoms with E-state index in [9.17, 15) is 40.9 Å². The number of rotatable bonds is 2. The van der Waals surface area contributed by atoms with Gasteiger partial charge in [0.15, 0.2) is 0 Å². The molecule has 14 heteroatoms. The van der Waals surface area contributed by atoms with E-state index in [0.717, 1.165) is 85.3 Å². The van der Waals surface area contributed by atoms with Crippen molar-refractivity contribution in [1.29, 1.82) is 0 Å². The van der Waals surface area contributed by atoms with Crippen molar-refractivity contribution in [2.75, 3.05) is 13.2 Å². The van der Waals surface area contributed by atoms with Crippen molar-refractivity contribution in [2.45, 2.75) is 203 Å². The smallest absolute Gasteiger partial charge is 0.201 e. The standard InChI is InChI=1S/C54H76N2O12/c1-25-51(63)43(65-53(25)41(61)21-45(3,23-57)67-53)17-33-29-11-9-27-13-35-37(19-47(27,5)31(29)15-39(59)49(33,51)7)55-36-14-28-10-12-30-32(48(28,6)20-38(36)56-35)16-40(60)50(8)34(30)18-44-52(50,64)26(2)54(66-44)42(62)22-46(4,24-58)68-54/h17-18,25-32,39-44,57-64H,9-16,19-24H2,1-8H3/t25-,26-,27-,28-,29+,30+,31-,32-,39+,40+,41+,42+,43-,44?,45-,46-,47-,48-,49+,50+,51+,52+,53-,54-/m0/s1. The van der Waals surface area contributed by atoms with Crippen LogP contribution in [0.25, 0.3) is 0 Å². The lowest BCUT2D eigenvalue weighted by atomic mass is 9.44. The molecule has 0 aromatic carbocycles. The van der Waals surface area contributed by atoms with Crippen molar-refractivity contribution in [2.24, 2.45) is 69.0 Å². The van der Waals surface area contributed by atoms with Crippen LogP contribution >= 0.6 is 0 Å². The van der Waals surface area contributed by atoms with Gasteiger partial charge in [-0.05, 0) is 124 Å². The predicted molar refractivity (Wildman–Crippen MR) is 244 cm³/mol. The molecule has 13 rings (SSSR count). The lowest BCUT2D eigenvalue weighted by Crippen LogP contribution is -2.65. The van der Waals surface area contributed by atoms with Crippen molar-refractivity contribution in [3.05, 3.63) is 46.1 Å². The first-order valence-corrected chi connectivity index (χ1v) is 26.3. The number of aromatic nitrogens is 2. The summed E-state index contributed by atoms with van der Waals surface area (Å²) in [6.45, 7) is 15.5. The molecule has 1 unspecified atom stereocenters. The number of fused-ring (bicyclic) bond motifs is 16. The summed E-state index contributed by atoms with van der Waals surface area (Å²) >= 11 is 0. The van der Waals surface area contributed by atoms with E-state index in [0.29, 0.717) is 24.7 Å². The fourth-order valence-electron chi connectivity index (χ4n) is 19.5. The molecule has 14 nitrogen and oxygen atoms in total. The summed E-state index contributed by atoms with van der Waals surface area (Å²) in [5, 5.41) is 93.9. The molecule has 0 bridgehead atoms. The number of aliphatic hydroxyl groups is 8. The molecule has 5 heterocycles. The SMILES string of the molecule is C[C@@H]1[C@]2(O[C@H]3C=C4[C@@H]5CC[C@H]6Cc7nc8c(nc7C[C@]6(C)[C@H]5C[C@@H](O)[C@]4(C)[C@]31O)C[C@@H]1CC[C@H]3C4=CC5O[C@]6(O[C@](C)(CO)C[C@H]6O)[C@@H](C)[C@]5(O)[C@@]4(C)[C@H](O)C[C@@H]3[C@@]1(C)C8)O[C@](C)(CO)C[C@H]2O. The van der Waals surface area contributed by atoms with Crippen LogP contribution in [0.2, 0.25) is 0 Å². The molecule has 1 aromatic heterocycles. The molecule has 4 saturated heterocycles. The van der Waals surface area contributed by atoms with Gasteiger partial charge >= 0.3 is 0 Å². The molecule has 2 spiro atoms. The van der Waals surface area contributed by atoms with Gasteiger partial charge in [-0.25, -0.2) is 0 Å². The van der Waals surface area contributed by atoms with Crippen LogP contribution in [0.3, 0.4) is 0 Å². The molecule has 374 valence electrons. The number of aliphatic hydroxyl groups excluding tert-OH is 6. The summed E-state index contributed by atoms with van der Waals surface area (Å²) in [5.41, 5.74) is -0.813. The van der Waals surface area contributed by atoms with E-state index in [-0.39, 0.29) is 60.6 Å². The Labute approximate surface area is 399 Å². The van der Waals surface area contributed by atoms with E-state index in [1.165, 1.54) is 0 Å². The minimum absolute atomic E-state index is 0.144. The Bertz CT molecular complexity index is 2270. The third-order valence-corrected chi connectivity index (χ3v) is 23.7. The Kier molecular flexibility index (Phi) is 9.19. The Morgan fingerprint density at radius 1 is 0.559 bits per heavy atom. The number of hydrogen-bond donors (Lipinski definition) is 8. The summed E-state index contributed by atoms with van der Waals surface area (Å²) in [5.74, 6) is -2.97. The summed E-state index contributed by atoms with van der Waals surface area (Å²) in [6.07, 6.45) is 7.39. The van der Waals surface area contributed by atoms with Crippen LogP contribution in [-0.2, 0) is 44.6 Å². The lowest BCUT2D eigenvalue weighted by Gasteiger charge is -2.62. The summed E-state index contributed by atoms with van der Waals surface area (Å²) < 4.78 is 26.0. The number of hydrogen-bond acceptors (Lipinski definition) is 14. The molecule has 8 N–H and O–H groups in total. The topological polar surface area (TPSA) is 225 Å². The van der Waals surface area contributed by atoms with Gasteiger partial charge in [-0.2, -0.15) is 0 Å². The van der Waals surface area contributed by atoms with E-state index in [4.69, 9.17) is 28.9 Å². The van der Waals surface area contributed by atoms with Crippen LogP contribution < -0.4 is 0 Å². The van der Waals surface area contributed by atoms with Crippen molar-refractivity contribution >= 4 is 0 Å². The van der Waals surface area contributed by atoms with Gasteiger partial charge < -0.3 is 59.8 Å². The largest absolute Gasteiger partial charge is 0.393 e. The monoisotopic (exact) mass is 945 g/mol. The van der Waals surface area contributed by atoms with Crippen LogP contribution in [0.15, 0.2) is 23.3 Å². The van der Waals surface area contributed by atoms with Crippen molar-refractivity contribution in [1.82, 2.24) is 9.97 Å². The highest BCUT2D eigenvalue weighted by atomic mass is 16.8. The maximum Gasteiger partial charge on any atom is 0.201 e. The van der Waals surface area contributed by atoms with Crippen LogP contribution in [0, 0.1) is 69.0 Å². The van der Waals surface area contributed by atoms with Gasteiger partial charge in [0.25, 0.3) is 0 Å². The number of ether oxygens (including phenoxy) is 4. The third-order valence-electron chi connectivity index (χ3n) is 23.7. The fraction of sp³-hybridized carbons (Fsp3) is 0.852. The van der Waals surface area contributed by atoms with Gasteiger partial charge in [-0.3, -0.25) is 9.97 Å². The Morgan fingerprint density at radius 3 is 1.29 bits per heavy atom. The van der Waals surface area contributed by atoms with Crippen LogP contribution in [0.5, 0.6) is 0 Å². The summed E-state index contributed by atoms with van der Waals surface area (Å²) in [6, 6.07) is 0. The fourth-order valence-corrected chi connectivity index (χ4v) is 19.5. The van der Waals surface area contributed by atoms with Crippen molar-refractivity contribution in [3.8, 4) is 0 Å².